The molecule has 0 saturated carbocycles. The van der Waals surface area contributed by atoms with Gasteiger partial charge in [0.15, 0.2) is 11.3 Å². The molecule has 0 aliphatic rings. The fourth-order valence-electron chi connectivity index (χ4n) is 3.03. The van der Waals surface area contributed by atoms with Crippen LogP contribution >= 0.6 is 0 Å². The lowest BCUT2D eigenvalue weighted by molar-refractivity contribution is 0.298. The maximum Gasteiger partial charge on any atom is 0.249 e. The van der Waals surface area contributed by atoms with Gasteiger partial charge in [-0.15, -0.1) is 0 Å². The highest BCUT2D eigenvalue weighted by molar-refractivity contribution is 5.71. The molecule has 0 bridgehead atoms. The number of aromatic nitrogens is 4. The van der Waals surface area contributed by atoms with Gasteiger partial charge >= 0.3 is 0 Å². The number of nitrogens with zero attached hydrogens (tertiary/aromatic N) is 5. The highest BCUT2D eigenvalue weighted by Gasteiger charge is 2.09. The zero-order valence-corrected chi connectivity index (χ0v) is 17.6. The van der Waals surface area contributed by atoms with Crippen LogP contribution in [0.25, 0.3) is 11.2 Å². The monoisotopic (exact) mass is 409 g/mol. The highest BCUT2D eigenvalue weighted by atomic mass is 16.5. The first-order chi connectivity index (χ1) is 15.2. The zero-order valence-electron chi connectivity index (χ0n) is 17.6. The maximum absolute atomic E-state index is 5.98. The lowest BCUT2D eigenvalue weighted by atomic mass is 10.1. The minimum absolute atomic E-state index is 0.438. The smallest absolute Gasteiger partial charge is 0.249 e. The third-order valence-corrected chi connectivity index (χ3v) is 4.72. The molecule has 0 N–H and O–H groups in total. The van der Waals surface area contributed by atoms with E-state index in [-0.39, 0.29) is 0 Å². The highest BCUT2D eigenvalue weighted by Crippen LogP contribution is 2.18. The average Bonchev–Trinajstić information content (AvgIpc) is 2.81. The predicted molar refractivity (Wildman–Crippen MR) is 122 cm³/mol. The van der Waals surface area contributed by atoms with Gasteiger partial charge in [-0.3, -0.25) is 4.98 Å². The van der Waals surface area contributed by atoms with Gasteiger partial charge in [-0.1, -0.05) is 5.92 Å². The Hall–Kier alpha value is -3.98. The van der Waals surface area contributed by atoms with Gasteiger partial charge in [0.2, 0.25) is 5.88 Å². The van der Waals surface area contributed by atoms with Gasteiger partial charge in [0.05, 0.1) is 6.61 Å². The van der Waals surface area contributed by atoms with E-state index in [1.807, 2.05) is 62.6 Å². The molecule has 3 aromatic heterocycles. The molecule has 0 aliphatic carbocycles. The third-order valence-electron chi connectivity index (χ3n) is 4.72. The summed E-state index contributed by atoms with van der Waals surface area (Å²) in [6.07, 6.45) is 7.07. The average molecular weight is 409 g/mol. The van der Waals surface area contributed by atoms with Gasteiger partial charge in [0.1, 0.15) is 5.52 Å². The van der Waals surface area contributed by atoms with Crippen LogP contribution in [0.5, 0.6) is 5.88 Å². The lowest BCUT2D eigenvalue weighted by Gasteiger charge is -2.11. The number of hydrogen-bond acceptors (Lipinski definition) is 6. The van der Waals surface area contributed by atoms with E-state index in [4.69, 9.17) is 4.74 Å². The van der Waals surface area contributed by atoms with Crippen LogP contribution in [0.15, 0.2) is 67.1 Å². The van der Waals surface area contributed by atoms with Crippen molar-refractivity contribution in [2.24, 2.45) is 0 Å². The maximum atomic E-state index is 5.98. The molecule has 3 heterocycles. The number of ether oxygens (including phenoxy) is 1. The molecule has 0 fully saturated rings. The Bertz CT molecular complexity index is 1210. The van der Waals surface area contributed by atoms with Crippen molar-refractivity contribution in [2.45, 2.75) is 12.8 Å². The van der Waals surface area contributed by atoms with Crippen molar-refractivity contribution in [1.82, 2.24) is 19.9 Å². The Labute approximate surface area is 182 Å². The minimum Gasteiger partial charge on any atom is -0.476 e. The molecular weight excluding hydrogens is 386 g/mol. The second-order valence-electron chi connectivity index (χ2n) is 7.22. The van der Waals surface area contributed by atoms with Crippen molar-refractivity contribution in [3.05, 3.63) is 83.9 Å². The SMILES string of the molecule is CN(C)c1ccc(C#Cc2nc3ncccc3nc2OCCCc2ccncc2)cc1. The predicted octanol–water partition coefficient (Wildman–Crippen LogP) is 3.90. The molecule has 4 aromatic rings. The summed E-state index contributed by atoms with van der Waals surface area (Å²) in [4.78, 5) is 19.6. The summed E-state index contributed by atoms with van der Waals surface area (Å²) in [6, 6.07) is 15.8. The van der Waals surface area contributed by atoms with Crippen molar-refractivity contribution >= 4 is 16.9 Å². The minimum atomic E-state index is 0.438. The number of aryl methyl sites for hydroxylation is 1. The molecule has 0 aliphatic heterocycles. The number of pyridine rings is 2. The summed E-state index contributed by atoms with van der Waals surface area (Å²) in [7, 11) is 4.02. The first-order valence-corrected chi connectivity index (χ1v) is 10.1. The first kappa shape index (κ1) is 20.3. The van der Waals surface area contributed by atoms with Crippen LogP contribution in [0, 0.1) is 11.8 Å². The molecule has 4 rings (SSSR count). The fraction of sp³-hybridized carbons (Fsp3) is 0.200. The van der Waals surface area contributed by atoms with Crippen LogP contribution in [0.4, 0.5) is 5.69 Å². The molecule has 0 amide bonds. The van der Waals surface area contributed by atoms with Crippen molar-refractivity contribution in [1.29, 1.82) is 0 Å². The Morgan fingerprint density at radius 2 is 1.71 bits per heavy atom. The van der Waals surface area contributed by atoms with E-state index in [0.29, 0.717) is 29.3 Å². The van der Waals surface area contributed by atoms with E-state index in [0.717, 1.165) is 24.1 Å². The molecule has 0 atom stereocenters. The Kier molecular flexibility index (Phi) is 6.34. The number of hydrogen-bond donors (Lipinski definition) is 0. The number of anilines is 1. The number of rotatable bonds is 6. The zero-order chi connectivity index (χ0) is 21.5. The van der Waals surface area contributed by atoms with Crippen molar-refractivity contribution in [3.63, 3.8) is 0 Å². The van der Waals surface area contributed by atoms with Gasteiger partial charge in [-0.25, -0.2) is 15.0 Å². The van der Waals surface area contributed by atoms with E-state index in [2.05, 4.69) is 36.7 Å². The Morgan fingerprint density at radius 3 is 2.48 bits per heavy atom. The summed E-state index contributed by atoms with van der Waals surface area (Å²) in [5.74, 6) is 6.72. The molecule has 154 valence electrons. The molecule has 0 radical (unpaired) electrons. The van der Waals surface area contributed by atoms with Gasteiger partial charge < -0.3 is 9.64 Å². The standard InChI is InChI=1S/C25H23N5O/c1-30(2)21-10-7-20(8-11-21)9-12-23-25(29-22-6-3-15-27-24(22)28-23)31-18-4-5-19-13-16-26-17-14-19/h3,6-8,10-11,13-17H,4-5,18H2,1-2H3. The summed E-state index contributed by atoms with van der Waals surface area (Å²) >= 11 is 0. The molecule has 6 nitrogen and oxygen atoms in total. The van der Waals surface area contributed by atoms with Crippen LogP contribution in [0.3, 0.4) is 0 Å². The van der Waals surface area contributed by atoms with E-state index in [1.54, 1.807) is 18.6 Å². The summed E-state index contributed by atoms with van der Waals surface area (Å²) in [6.45, 7) is 0.523. The number of benzene rings is 1. The summed E-state index contributed by atoms with van der Waals surface area (Å²) < 4.78 is 5.98. The van der Waals surface area contributed by atoms with E-state index < -0.39 is 0 Å². The Balaban J connectivity index is 1.53. The molecule has 31 heavy (non-hydrogen) atoms. The van der Waals surface area contributed by atoms with Crippen molar-refractivity contribution < 1.29 is 4.74 Å². The van der Waals surface area contributed by atoms with Crippen LogP contribution in [0.1, 0.15) is 23.2 Å². The van der Waals surface area contributed by atoms with Crippen molar-refractivity contribution in [2.75, 3.05) is 25.6 Å². The quantitative estimate of drug-likeness (QED) is 0.356. The van der Waals surface area contributed by atoms with Gasteiger partial charge in [-0.05, 0) is 72.9 Å². The molecule has 1 aromatic carbocycles. The van der Waals surface area contributed by atoms with E-state index in [1.165, 1.54) is 5.56 Å². The van der Waals surface area contributed by atoms with Gasteiger partial charge in [-0.2, -0.15) is 0 Å². The lowest BCUT2D eigenvalue weighted by Crippen LogP contribution is -2.07. The number of fused-ring (bicyclic) bond motifs is 1. The van der Waals surface area contributed by atoms with Gasteiger partial charge in [0, 0.05) is 43.9 Å². The summed E-state index contributed by atoms with van der Waals surface area (Å²) in [5, 5.41) is 0. The van der Waals surface area contributed by atoms with Crippen LogP contribution in [-0.4, -0.2) is 40.6 Å². The molecular formula is C25H23N5O. The third kappa shape index (κ3) is 5.34. The first-order valence-electron chi connectivity index (χ1n) is 10.1. The summed E-state index contributed by atoms with van der Waals surface area (Å²) in [5.41, 5.74) is 4.99. The molecule has 0 unspecified atom stereocenters. The van der Waals surface area contributed by atoms with Crippen molar-refractivity contribution in [3.8, 4) is 17.7 Å². The second kappa shape index (κ2) is 9.68. The van der Waals surface area contributed by atoms with Crippen LogP contribution in [-0.2, 0) is 6.42 Å². The van der Waals surface area contributed by atoms with Crippen LogP contribution < -0.4 is 9.64 Å². The Morgan fingerprint density at radius 1 is 0.903 bits per heavy atom. The fourth-order valence-corrected chi connectivity index (χ4v) is 3.03. The van der Waals surface area contributed by atoms with E-state index in [9.17, 15) is 0 Å². The topological polar surface area (TPSA) is 64.0 Å². The molecule has 6 heteroatoms. The second-order valence-corrected chi connectivity index (χ2v) is 7.22. The molecule has 0 spiro atoms. The molecule has 0 saturated heterocycles. The van der Waals surface area contributed by atoms with Crippen LogP contribution in [0.2, 0.25) is 0 Å². The normalized spacial score (nSPS) is 10.4. The van der Waals surface area contributed by atoms with E-state index >= 15 is 0 Å². The largest absolute Gasteiger partial charge is 0.476 e. The van der Waals surface area contributed by atoms with Gasteiger partial charge in [0.25, 0.3) is 0 Å².